The molecule has 0 heterocycles. The number of nitrogens with two attached hydrogens (primary N) is 1. The van der Waals surface area contributed by atoms with Crippen LogP contribution in [0.5, 0.6) is 0 Å². The van der Waals surface area contributed by atoms with Crippen molar-refractivity contribution in [2.45, 2.75) is 38.6 Å². The lowest BCUT2D eigenvalue weighted by Crippen LogP contribution is -2.36. The number of esters is 1. The lowest BCUT2D eigenvalue weighted by molar-refractivity contribution is -0.155. The molecule has 0 bridgehead atoms. The number of carbonyl (C=O) groups excluding carboxylic acids is 2. The van der Waals surface area contributed by atoms with Gasteiger partial charge in [-0.15, -0.1) is 0 Å². The molecule has 0 saturated carbocycles. The Hall–Kier alpha value is -1.71. The minimum Gasteiger partial charge on any atom is -0.480 e. The minimum absolute atomic E-state index is 0.268. The highest BCUT2D eigenvalue weighted by Gasteiger charge is 2.24. The van der Waals surface area contributed by atoms with E-state index in [1.165, 1.54) is 7.11 Å². The molecule has 3 atom stereocenters. The van der Waals surface area contributed by atoms with Gasteiger partial charge in [-0.25, -0.2) is 9.59 Å². The number of carbonyl (C=O) groups is 3. The van der Waals surface area contributed by atoms with Crippen LogP contribution in [0, 0.1) is 0 Å². The Balaban J connectivity index is 4.51. The first kappa shape index (κ1) is 20.3. The molecule has 0 aliphatic rings. The highest BCUT2D eigenvalue weighted by Crippen LogP contribution is 2.13. The predicted molar refractivity (Wildman–Crippen MR) is 74.0 cm³/mol. The average Bonchev–Trinajstić information content (AvgIpc) is 2.46. The van der Waals surface area contributed by atoms with Crippen LogP contribution in [0.3, 0.4) is 0 Å². The van der Waals surface area contributed by atoms with E-state index in [-0.39, 0.29) is 19.6 Å². The summed E-state index contributed by atoms with van der Waals surface area (Å²) < 4.78 is 20.2. The molecule has 0 rings (SSSR count). The Labute approximate surface area is 128 Å². The zero-order chi connectivity index (χ0) is 17.1. The van der Waals surface area contributed by atoms with Crippen LogP contribution in [-0.2, 0) is 33.3 Å². The monoisotopic (exact) mass is 321 g/mol. The molecule has 0 aliphatic heterocycles. The summed E-state index contributed by atoms with van der Waals surface area (Å²) in [6.45, 7) is 2.29. The Morgan fingerprint density at radius 2 is 1.68 bits per heavy atom. The van der Waals surface area contributed by atoms with E-state index in [0.717, 1.165) is 0 Å². The molecular weight excluding hydrogens is 298 g/mol. The third-order valence-electron chi connectivity index (χ3n) is 2.71. The SMILES string of the molecule is COC(=O)COC(CC(C)OCC(=O)O)C(C)OCC(N)=O. The van der Waals surface area contributed by atoms with Crippen molar-refractivity contribution in [1.82, 2.24) is 0 Å². The largest absolute Gasteiger partial charge is 0.480 e. The van der Waals surface area contributed by atoms with Gasteiger partial charge in [0.05, 0.1) is 25.4 Å². The van der Waals surface area contributed by atoms with Crippen molar-refractivity contribution in [3.05, 3.63) is 0 Å². The first-order chi connectivity index (χ1) is 10.3. The van der Waals surface area contributed by atoms with Crippen LogP contribution in [0.4, 0.5) is 0 Å². The van der Waals surface area contributed by atoms with Crippen molar-refractivity contribution in [1.29, 1.82) is 0 Å². The molecule has 0 aliphatic carbocycles. The summed E-state index contributed by atoms with van der Waals surface area (Å²) in [5.74, 6) is -2.28. The summed E-state index contributed by atoms with van der Waals surface area (Å²) >= 11 is 0. The van der Waals surface area contributed by atoms with Crippen LogP contribution in [-0.4, -0.2) is 68.2 Å². The van der Waals surface area contributed by atoms with Gasteiger partial charge in [0.25, 0.3) is 0 Å². The number of carboxylic acid groups (broad SMARTS) is 1. The fraction of sp³-hybridized carbons (Fsp3) is 0.769. The van der Waals surface area contributed by atoms with Crippen LogP contribution in [0.25, 0.3) is 0 Å². The van der Waals surface area contributed by atoms with Gasteiger partial charge in [-0.2, -0.15) is 0 Å². The van der Waals surface area contributed by atoms with E-state index < -0.39 is 42.8 Å². The number of amides is 1. The number of carboxylic acids is 1. The van der Waals surface area contributed by atoms with Gasteiger partial charge in [-0.05, 0) is 13.8 Å². The molecular formula is C13H23NO8. The smallest absolute Gasteiger partial charge is 0.331 e. The van der Waals surface area contributed by atoms with Gasteiger partial charge in [0.15, 0.2) is 0 Å². The van der Waals surface area contributed by atoms with E-state index in [1.807, 2.05) is 0 Å². The summed E-state index contributed by atoms with van der Waals surface area (Å²) in [4.78, 5) is 32.3. The third kappa shape index (κ3) is 10.1. The molecule has 128 valence electrons. The molecule has 1 amide bonds. The third-order valence-corrected chi connectivity index (χ3v) is 2.71. The first-order valence-corrected chi connectivity index (χ1v) is 6.68. The molecule has 0 aromatic carbocycles. The molecule has 0 aromatic heterocycles. The van der Waals surface area contributed by atoms with E-state index in [9.17, 15) is 14.4 Å². The Bertz CT molecular complexity index is 373. The lowest BCUT2D eigenvalue weighted by atomic mass is 10.1. The number of aliphatic carboxylic acids is 1. The maximum atomic E-state index is 11.1. The average molecular weight is 321 g/mol. The molecule has 9 nitrogen and oxygen atoms in total. The molecule has 3 unspecified atom stereocenters. The normalized spacial score (nSPS) is 14.9. The number of hydrogen-bond acceptors (Lipinski definition) is 7. The molecule has 0 fully saturated rings. The number of rotatable bonds is 12. The minimum atomic E-state index is -1.09. The maximum Gasteiger partial charge on any atom is 0.331 e. The van der Waals surface area contributed by atoms with E-state index in [0.29, 0.717) is 0 Å². The van der Waals surface area contributed by atoms with E-state index in [2.05, 4.69) is 4.74 Å². The van der Waals surface area contributed by atoms with Crippen molar-refractivity contribution in [2.24, 2.45) is 5.73 Å². The maximum absolute atomic E-state index is 11.1. The van der Waals surface area contributed by atoms with Crippen LogP contribution in [0.2, 0.25) is 0 Å². The molecule has 0 saturated heterocycles. The second-order valence-corrected chi connectivity index (χ2v) is 4.66. The van der Waals surface area contributed by atoms with Crippen LogP contribution < -0.4 is 5.73 Å². The van der Waals surface area contributed by atoms with Crippen molar-refractivity contribution < 1.29 is 38.4 Å². The van der Waals surface area contributed by atoms with Gasteiger partial charge in [0.1, 0.15) is 19.8 Å². The quantitative estimate of drug-likeness (QED) is 0.451. The highest BCUT2D eigenvalue weighted by molar-refractivity contribution is 5.75. The summed E-state index contributed by atoms with van der Waals surface area (Å²) in [7, 11) is 1.23. The molecule has 22 heavy (non-hydrogen) atoms. The standard InChI is InChI=1S/C13H23NO8/c1-8(20-6-12(16)17)4-10(22-7-13(18)19-3)9(2)21-5-11(14)15/h8-10H,4-7H2,1-3H3,(H2,14,15)(H,16,17). The topological polar surface area (TPSA) is 134 Å². The van der Waals surface area contributed by atoms with Gasteiger partial charge in [-0.1, -0.05) is 0 Å². The van der Waals surface area contributed by atoms with Gasteiger partial charge in [-0.3, -0.25) is 4.79 Å². The summed E-state index contributed by atoms with van der Waals surface area (Å²) in [5.41, 5.74) is 5.00. The van der Waals surface area contributed by atoms with Crippen molar-refractivity contribution in [3.8, 4) is 0 Å². The fourth-order valence-electron chi connectivity index (χ4n) is 1.56. The second kappa shape index (κ2) is 10.9. The zero-order valence-electron chi connectivity index (χ0n) is 12.9. The summed E-state index contributed by atoms with van der Waals surface area (Å²) in [6, 6.07) is 0. The Kier molecular flexibility index (Phi) is 10.1. The van der Waals surface area contributed by atoms with Gasteiger partial charge in [0, 0.05) is 6.42 Å². The Morgan fingerprint density at radius 3 is 2.18 bits per heavy atom. The van der Waals surface area contributed by atoms with Gasteiger partial charge < -0.3 is 29.8 Å². The fourth-order valence-corrected chi connectivity index (χ4v) is 1.56. The van der Waals surface area contributed by atoms with Crippen LogP contribution in [0.1, 0.15) is 20.3 Å². The second-order valence-electron chi connectivity index (χ2n) is 4.66. The van der Waals surface area contributed by atoms with E-state index in [1.54, 1.807) is 13.8 Å². The zero-order valence-corrected chi connectivity index (χ0v) is 12.9. The summed E-state index contributed by atoms with van der Waals surface area (Å²) in [6.07, 6.45) is -1.32. The predicted octanol–water partition coefficient (Wildman–Crippen LogP) is -0.685. The van der Waals surface area contributed by atoms with Gasteiger partial charge >= 0.3 is 11.9 Å². The van der Waals surface area contributed by atoms with Crippen LogP contribution >= 0.6 is 0 Å². The van der Waals surface area contributed by atoms with Crippen molar-refractivity contribution in [3.63, 3.8) is 0 Å². The number of ether oxygens (including phenoxy) is 4. The van der Waals surface area contributed by atoms with E-state index in [4.69, 9.17) is 25.1 Å². The highest BCUT2D eigenvalue weighted by atomic mass is 16.6. The van der Waals surface area contributed by atoms with Crippen molar-refractivity contribution in [2.75, 3.05) is 26.9 Å². The summed E-state index contributed by atoms with van der Waals surface area (Å²) in [5, 5.41) is 8.57. The number of primary amides is 1. The molecule has 9 heteroatoms. The molecule has 0 spiro atoms. The molecule has 3 N–H and O–H groups in total. The van der Waals surface area contributed by atoms with E-state index >= 15 is 0 Å². The van der Waals surface area contributed by atoms with Crippen LogP contribution in [0.15, 0.2) is 0 Å². The Morgan fingerprint density at radius 1 is 1.05 bits per heavy atom. The number of hydrogen-bond donors (Lipinski definition) is 2. The van der Waals surface area contributed by atoms with Gasteiger partial charge in [0.2, 0.25) is 5.91 Å². The van der Waals surface area contributed by atoms with Crippen molar-refractivity contribution >= 4 is 17.8 Å². The first-order valence-electron chi connectivity index (χ1n) is 6.68. The molecule has 0 aromatic rings. The number of methoxy groups -OCH3 is 1. The lowest BCUT2D eigenvalue weighted by Gasteiger charge is -2.26. The molecule has 0 radical (unpaired) electrons.